The quantitative estimate of drug-likeness (QED) is 0.764. The number of halogens is 2. The molecule has 0 atom stereocenters. The average Bonchev–Trinajstić information content (AvgIpc) is 2.61. The van der Waals surface area contributed by atoms with Crippen LogP contribution in [0.2, 0.25) is 10.0 Å². The minimum Gasteiger partial charge on any atom is -0.506 e. The Morgan fingerprint density at radius 2 is 1.90 bits per heavy atom. The first-order valence-electron chi connectivity index (χ1n) is 6.04. The number of aryl methyl sites for hydroxylation is 1. The first-order valence-corrected chi connectivity index (χ1v) is 6.80. The predicted octanol–water partition coefficient (Wildman–Crippen LogP) is 4.44. The molecule has 20 heavy (non-hydrogen) atoms. The number of esters is 1. The zero-order valence-electron chi connectivity index (χ0n) is 11.6. The van der Waals surface area contributed by atoms with Gasteiger partial charge in [0.15, 0.2) is 0 Å². The van der Waals surface area contributed by atoms with Gasteiger partial charge >= 0.3 is 5.97 Å². The van der Waals surface area contributed by atoms with Crippen molar-refractivity contribution in [2.45, 2.75) is 33.3 Å². The van der Waals surface area contributed by atoms with Gasteiger partial charge in [0.1, 0.15) is 16.4 Å². The minimum absolute atomic E-state index is 0.0520. The van der Waals surface area contributed by atoms with E-state index in [1.54, 1.807) is 27.7 Å². The molecular weight excluding hydrogens is 301 g/mol. The van der Waals surface area contributed by atoms with Crippen molar-refractivity contribution in [3.63, 3.8) is 0 Å². The molecule has 0 saturated heterocycles. The smallest absolute Gasteiger partial charge is 0.341 e. The fourth-order valence-corrected chi connectivity index (χ4v) is 2.37. The molecule has 0 spiro atoms. The summed E-state index contributed by atoms with van der Waals surface area (Å²) in [6.07, 6.45) is 0. The van der Waals surface area contributed by atoms with E-state index in [-0.39, 0.29) is 15.8 Å². The van der Waals surface area contributed by atoms with Crippen LogP contribution >= 0.6 is 23.2 Å². The third-order valence-corrected chi connectivity index (χ3v) is 3.60. The molecule has 108 valence electrons. The fraction of sp³-hybridized carbons (Fsp3) is 0.357. The molecule has 4 nitrogen and oxygen atoms in total. The summed E-state index contributed by atoms with van der Waals surface area (Å²) < 4.78 is 5.36. The topological polar surface area (TPSA) is 62.3 Å². The highest BCUT2D eigenvalue weighted by Crippen LogP contribution is 2.39. The van der Waals surface area contributed by atoms with Crippen molar-refractivity contribution in [1.82, 2.24) is 4.98 Å². The number of phenols is 1. The van der Waals surface area contributed by atoms with E-state index in [2.05, 4.69) is 4.98 Å². The van der Waals surface area contributed by atoms with Crippen LogP contribution in [-0.4, -0.2) is 21.7 Å². The third kappa shape index (κ3) is 2.58. The molecule has 0 saturated carbocycles. The highest BCUT2D eigenvalue weighted by molar-refractivity contribution is 6.46. The fourth-order valence-electron chi connectivity index (χ4n) is 1.98. The first-order chi connectivity index (χ1) is 9.11. The van der Waals surface area contributed by atoms with Crippen LogP contribution in [0, 0.1) is 6.92 Å². The number of hydrogen-bond donors (Lipinski definition) is 2. The van der Waals surface area contributed by atoms with Gasteiger partial charge in [0.25, 0.3) is 0 Å². The monoisotopic (exact) mass is 315 g/mol. The van der Waals surface area contributed by atoms with E-state index < -0.39 is 11.6 Å². The van der Waals surface area contributed by atoms with E-state index >= 15 is 0 Å². The summed E-state index contributed by atoms with van der Waals surface area (Å²) in [6.45, 7) is 7.10. The van der Waals surface area contributed by atoms with E-state index in [1.165, 1.54) is 6.07 Å². The van der Waals surface area contributed by atoms with Crippen molar-refractivity contribution < 1.29 is 14.6 Å². The lowest BCUT2D eigenvalue weighted by Crippen LogP contribution is -2.24. The van der Waals surface area contributed by atoms with E-state index in [9.17, 15) is 9.90 Å². The lowest BCUT2D eigenvalue weighted by Gasteiger charge is -2.19. The first kappa shape index (κ1) is 15.0. The summed E-state index contributed by atoms with van der Waals surface area (Å²) >= 11 is 12.0. The molecule has 6 heteroatoms. The molecule has 1 aromatic heterocycles. The molecule has 0 aliphatic heterocycles. The molecule has 0 aliphatic rings. The molecule has 2 N–H and O–H groups in total. The number of nitrogens with one attached hydrogen (secondary N) is 1. The maximum atomic E-state index is 12.3. The Labute approximate surface area is 126 Å². The Morgan fingerprint density at radius 3 is 2.45 bits per heavy atom. The second kappa shape index (κ2) is 4.86. The molecule has 2 aromatic rings. The maximum Gasteiger partial charge on any atom is 0.341 e. The molecule has 0 unspecified atom stereocenters. The Morgan fingerprint density at radius 1 is 1.30 bits per heavy atom. The van der Waals surface area contributed by atoms with Crippen molar-refractivity contribution in [2.24, 2.45) is 0 Å². The van der Waals surface area contributed by atoms with Crippen LogP contribution in [0.4, 0.5) is 0 Å². The minimum atomic E-state index is -0.606. The molecule has 0 bridgehead atoms. The van der Waals surface area contributed by atoms with Crippen LogP contribution in [0.25, 0.3) is 10.9 Å². The van der Waals surface area contributed by atoms with Crippen LogP contribution < -0.4 is 0 Å². The number of carbonyl (C=O) groups excluding carboxylic acids is 1. The van der Waals surface area contributed by atoms with Crippen LogP contribution in [0.15, 0.2) is 6.07 Å². The van der Waals surface area contributed by atoms with Gasteiger partial charge in [0.05, 0.1) is 16.1 Å². The van der Waals surface area contributed by atoms with E-state index in [0.29, 0.717) is 22.2 Å². The van der Waals surface area contributed by atoms with E-state index in [4.69, 9.17) is 27.9 Å². The van der Waals surface area contributed by atoms with Gasteiger partial charge in [-0.25, -0.2) is 4.79 Å². The van der Waals surface area contributed by atoms with Gasteiger partial charge in [-0.3, -0.25) is 0 Å². The summed E-state index contributed by atoms with van der Waals surface area (Å²) in [5.41, 5.74) is 0.861. The number of phenolic OH excluding ortho intramolecular Hbond substituents is 1. The van der Waals surface area contributed by atoms with Crippen molar-refractivity contribution >= 4 is 40.1 Å². The molecule has 0 aliphatic carbocycles. The second-order valence-electron chi connectivity index (χ2n) is 5.57. The molecule has 1 aromatic carbocycles. The Hall–Kier alpha value is -1.39. The SMILES string of the molecule is Cc1[nH]c2c(Cl)c(Cl)c(O)cc2c1C(=O)OC(C)(C)C. The lowest BCUT2D eigenvalue weighted by atomic mass is 10.1. The number of ether oxygens (including phenoxy) is 1. The van der Waals surface area contributed by atoms with Gasteiger partial charge in [-0.15, -0.1) is 0 Å². The highest BCUT2D eigenvalue weighted by Gasteiger charge is 2.25. The molecule has 1 heterocycles. The van der Waals surface area contributed by atoms with Crippen LogP contribution in [0.1, 0.15) is 36.8 Å². The summed E-state index contributed by atoms with van der Waals surface area (Å²) in [7, 11) is 0. The van der Waals surface area contributed by atoms with Gasteiger partial charge in [0.2, 0.25) is 0 Å². The summed E-state index contributed by atoms with van der Waals surface area (Å²) in [5, 5.41) is 10.5. The number of hydrogen-bond acceptors (Lipinski definition) is 3. The number of aromatic nitrogens is 1. The number of fused-ring (bicyclic) bond motifs is 1. The predicted molar refractivity (Wildman–Crippen MR) is 79.9 cm³/mol. The summed E-state index contributed by atoms with van der Waals surface area (Å²) in [5.74, 6) is -0.646. The third-order valence-electron chi connectivity index (χ3n) is 2.75. The maximum absolute atomic E-state index is 12.3. The number of H-pyrrole nitrogens is 1. The normalized spacial score (nSPS) is 11.9. The molecule has 2 rings (SSSR count). The molecule has 0 radical (unpaired) electrons. The summed E-state index contributed by atoms with van der Waals surface area (Å²) in [4.78, 5) is 15.3. The van der Waals surface area contributed by atoms with Crippen molar-refractivity contribution in [3.8, 4) is 5.75 Å². The Bertz CT molecular complexity index is 699. The summed E-state index contributed by atoms with van der Waals surface area (Å²) in [6, 6.07) is 1.41. The largest absolute Gasteiger partial charge is 0.506 e. The van der Waals surface area contributed by atoms with Gasteiger partial charge in [-0.1, -0.05) is 23.2 Å². The Balaban J connectivity index is 2.66. The average molecular weight is 316 g/mol. The van der Waals surface area contributed by atoms with Crippen molar-refractivity contribution in [3.05, 3.63) is 27.4 Å². The van der Waals surface area contributed by atoms with Gasteiger partial charge in [-0.05, 0) is 33.8 Å². The lowest BCUT2D eigenvalue weighted by molar-refractivity contribution is 0.00712. The van der Waals surface area contributed by atoms with Crippen LogP contribution in [-0.2, 0) is 4.74 Å². The highest BCUT2D eigenvalue weighted by atomic mass is 35.5. The number of aromatic amines is 1. The van der Waals surface area contributed by atoms with Crippen molar-refractivity contribution in [2.75, 3.05) is 0 Å². The molecule has 0 fully saturated rings. The van der Waals surface area contributed by atoms with Gasteiger partial charge in [0, 0.05) is 11.1 Å². The van der Waals surface area contributed by atoms with Gasteiger partial charge in [-0.2, -0.15) is 0 Å². The van der Waals surface area contributed by atoms with E-state index in [0.717, 1.165) is 0 Å². The van der Waals surface area contributed by atoms with Crippen molar-refractivity contribution in [1.29, 1.82) is 0 Å². The van der Waals surface area contributed by atoms with Gasteiger partial charge < -0.3 is 14.8 Å². The number of carbonyl (C=O) groups is 1. The standard InChI is InChI=1S/C14H15Cl2NO3/c1-6-9(13(19)20-14(2,3)4)7-5-8(18)10(15)11(16)12(7)17-6/h5,17-18H,1-4H3. The number of aromatic hydroxyl groups is 1. The second-order valence-corrected chi connectivity index (χ2v) is 6.33. The Kier molecular flexibility index (Phi) is 3.65. The molecule has 0 amide bonds. The number of rotatable bonds is 1. The molecular formula is C14H15Cl2NO3. The zero-order valence-corrected chi connectivity index (χ0v) is 13.1. The number of benzene rings is 1. The van der Waals surface area contributed by atoms with E-state index in [1.807, 2.05) is 0 Å². The van der Waals surface area contributed by atoms with Crippen LogP contribution in [0.3, 0.4) is 0 Å². The zero-order chi connectivity index (χ0) is 15.2. The van der Waals surface area contributed by atoms with Crippen LogP contribution in [0.5, 0.6) is 5.75 Å².